The van der Waals surface area contributed by atoms with E-state index < -0.39 is 15.2 Å². The van der Waals surface area contributed by atoms with E-state index in [1.165, 1.54) is 51.4 Å². The van der Waals surface area contributed by atoms with E-state index in [4.69, 9.17) is 4.74 Å². The van der Waals surface area contributed by atoms with Crippen molar-refractivity contribution in [2.75, 3.05) is 0 Å². The van der Waals surface area contributed by atoms with Gasteiger partial charge < -0.3 is 22.0 Å². The Labute approximate surface area is 171 Å². The van der Waals surface area contributed by atoms with Gasteiger partial charge in [-0.3, -0.25) is 0 Å². The predicted octanol–water partition coefficient (Wildman–Crippen LogP) is 7.50. The highest BCUT2D eigenvalue weighted by Crippen LogP contribution is 2.57. The molecule has 0 bridgehead atoms. The Balaban J connectivity index is 0.000000431. The molecule has 2 saturated carbocycles. The Morgan fingerprint density at radius 3 is 1.66 bits per heavy atom. The first-order valence-corrected chi connectivity index (χ1v) is 12.1. The van der Waals surface area contributed by atoms with Crippen LogP contribution in [0.25, 0.3) is 0 Å². The minimum atomic E-state index is -6.00. The molecule has 2 aromatic carbocycles. The van der Waals surface area contributed by atoms with Crippen LogP contribution in [-0.2, 0) is 0 Å². The molecular weight excluding hydrogens is 398 g/mol. The van der Waals surface area contributed by atoms with Crippen LogP contribution in [0.3, 0.4) is 0 Å². The molecule has 4 rings (SSSR count). The number of para-hydroxylation sites is 2. The Kier molecular flexibility index (Phi) is 8.00. The summed E-state index contributed by atoms with van der Waals surface area (Å²) in [6.45, 7) is 0. The van der Waals surface area contributed by atoms with Crippen LogP contribution in [0.15, 0.2) is 54.6 Å². The van der Waals surface area contributed by atoms with Gasteiger partial charge in [-0.25, -0.2) is 0 Å². The van der Waals surface area contributed by atoms with Crippen molar-refractivity contribution in [3.63, 3.8) is 0 Å². The van der Waals surface area contributed by atoms with Crippen LogP contribution in [0, 0.1) is 0 Å². The van der Waals surface area contributed by atoms with Crippen LogP contribution in [0.4, 0.5) is 17.3 Å². The van der Waals surface area contributed by atoms with E-state index in [9.17, 15) is 17.3 Å². The zero-order valence-electron chi connectivity index (χ0n) is 16.5. The molecule has 0 aliphatic heterocycles. The summed E-state index contributed by atoms with van der Waals surface area (Å²) in [6, 6.07) is 19.2. The van der Waals surface area contributed by atoms with E-state index in [1.54, 1.807) is 5.30 Å². The smallest absolute Gasteiger partial charge is 0.453 e. The monoisotopic (exact) mass is 426 g/mol. The van der Waals surface area contributed by atoms with Crippen LogP contribution in [0.5, 0.6) is 11.5 Å². The fourth-order valence-corrected chi connectivity index (χ4v) is 8.97. The standard InChI is InChI=1S/C22H27OP.BF4/c1-2-10-18(11-3-1)23-21-16-8-9-17-22(21)24(19-12-4-5-13-19)20-14-6-7-15-20;2-1(3,4)5/h1-3,8-11,16-17,19-20H,4-7,12-15H2;/q;-1/p+1. The van der Waals surface area contributed by atoms with Crippen molar-refractivity contribution in [1.82, 2.24) is 0 Å². The van der Waals surface area contributed by atoms with E-state index in [2.05, 4.69) is 48.5 Å². The average molecular weight is 426 g/mol. The molecule has 0 saturated heterocycles. The van der Waals surface area contributed by atoms with Crippen molar-refractivity contribution in [3.05, 3.63) is 54.6 Å². The lowest BCUT2D eigenvalue weighted by atomic mass is 10.3. The Morgan fingerprint density at radius 2 is 1.14 bits per heavy atom. The molecule has 158 valence electrons. The van der Waals surface area contributed by atoms with Crippen LogP contribution in [0.2, 0.25) is 0 Å². The van der Waals surface area contributed by atoms with Gasteiger partial charge in [0.25, 0.3) is 0 Å². The summed E-state index contributed by atoms with van der Waals surface area (Å²) >= 11 is 0. The lowest BCUT2D eigenvalue weighted by Gasteiger charge is -2.24. The second-order valence-electron chi connectivity index (χ2n) is 7.82. The Bertz CT molecular complexity index is 722. The first-order chi connectivity index (χ1) is 13.9. The van der Waals surface area contributed by atoms with Crippen molar-refractivity contribution >= 4 is 20.5 Å². The van der Waals surface area contributed by atoms with Gasteiger partial charge in [0.2, 0.25) is 0 Å². The topological polar surface area (TPSA) is 9.23 Å². The number of hydrogen-bond donors (Lipinski definition) is 0. The zero-order valence-corrected chi connectivity index (χ0v) is 17.5. The molecule has 0 unspecified atom stereocenters. The molecule has 2 aliphatic rings. The van der Waals surface area contributed by atoms with Gasteiger partial charge in [-0.05, 0) is 75.6 Å². The van der Waals surface area contributed by atoms with Crippen molar-refractivity contribution in [3.8, 4) is 11.5 Å². The zero-order chi connectivity index (χ0) is 20.7. The molecule has 29 heavy (non-hydrogen) atoms. The van der Waals surface area contributed by atoms with Gasteiger partial charge in [0.1, 0.15) is 11.1 Å². The van der Waals surface area contributed by atoms with Gasteiger partial charge in [0.05, 0.1) is 11.3 Å². The molecule has 0 heterocycles. The van der Waals surface area contributed by atoms with Gasteiger partial charge in [-0.15, -0.1) is 0 Å². The predicted molar refractivity (Wildman–Crippen MR) is 116 cm³/mol. The number of hydrogen-bond acceptors (Lipinski definition) is 1. The number of ether oxygens (including phenoxy) is 1. The highest BCUT2D eigenvalue weighted by atomic mass is 31.1. The maximum absolute atomic E-state index is 9.75. The van der Waals surface area contributed by atoms with E-state index >= 15 is 0 Å². The molecular formula is C22H28BF4OP. The molecule has 2 aromatic rings. The summed E-state index contributed by atoms with van der Waals surface area (Å²) in [7, 11) is -6.55. The third-order valence-electron chi connectivity index (χ3n) is 5.76. The van der Waals surface area contributed by atoms with Crippen LogP contribution in [0.1, 0.15) is 51.4 Å². The summed E-state index contributed by atoms with van der Waals surface area (Å²) in [6.07, 6.45) is 11.5. The Hall–Kier alpha value is -1.55. The van der Waals surface area contributed by atoms with Crippen LogP contribution < -0.4 is 10.0 Å². The van der Waals surface area contributed by atoms with Gasteiger partial charge in [0, 0.05) is 7.92 Å². The molecule has 0 spiro atoms. The van der Waals surface area contributed by atoms with Gasteiger partial charge >= 0.3 is 7.25 Å². The second-order valence-corrected chi connectivity index (χ2v) is 10.9. The first-order valence-electron chi connectivity index (χ1n) is 10.5. The lowest BCUT2D eigenvalue weighted by molar-refractivity contribution is 0.368. The third-order valence-corrected chi connectivity index (χ3v) is 9.71. The molecule has 0 radical (unpaired) electrons. The summed E-state index contributed by atoms with van der Waals surface area (Å²) in [5.41, 5.74) is 1.91. The Morgan fingerprint density at radius 1 is 0.690 bits per heavy atom. The van der Waals surface area contributed by atoms with E-state index in [0.717, 1.165) is 22.8 Å². The number of halogens is 4. The lowest BCUT2D eigenvalue weighted by Crippen LogP contribution is -2.20. The van der Waals surface area contributed by atoms with Crippen molar-refractivity contribution < 1.29 is 22.0 Å². The summed E-state index contributed by atoms with van der Waals surface area (Å²) < 4.78 is 45.3. The van der Waals surface area contributed by atoms with E-state index in [-0.39, 0.29) is 0 Å². The van der Waals surface area contributed by atoms with E-state index in [1.807, 2.05) is 6.07 Å². The van der Waals surface area contributed by atoms with Crippen molar-refractivity contribution in [2.24, 2.45) is 0 Å². The maximum Gasteiger partial charge on any atom is 0.673 e. The average Bonchev–Trinajstić information content (AvgIpc) is 3.38. The van der Waals surface area contributed by atoms with Crippen LogP contribution >= 0.6 is 7.92 Å². The fourth-order valence-electron chi connectivity index (χ4n) is 4.66. The molecule has 0 aromatic heterocycles. The minimum absolute atomic E-state index is 0.551. The molecule has 2 aliphatic carbocycles. The van der Waals surface area contributed by atoms with E-state index in [0.29, 0.717) is 0 Å². The number of benzene rings is 2. The van der Waals surface area contributed by atoms with Crippen molar-refractivity contribution in [1.29, 1.82) is 0 Å². The van der Waals surface area contributed by atoms with Gasteiger partial charge in [-0.1, -0.05) is 30.3 Å². The fraction of sp³-hybridized carbons (Fsp3) is 0.455. The second kappa shape index (κ2) is 10.5. The molecule has 0 N–H and O–H groups in total. The molecule has 0 atom stereocenters. The minimum Gasteiger partial charge on any atom is -0.453 e. The van der Waals surface area contributed by atoms with Crippen LogP contribution in [-0.4, -0.2) is 18.6 Å². The maximum atomic E-state index is 9.75. The SMILES string of the molecule is F[B-](F)(F)F.c1ccc(Oc2ccccc2[PH+](C2CCCC2)C2CCCC2)cc1. The molecule has 1 nitrogen and oxygen atoms in total. The molecule has 7 heteroatoms. The highest BCUT2D eigenvalue weighted by molar-refractivity contribution is 7.67. The molecule has 0 amide bonds. The third kappa shape index (κ3) is 7.03. The summed E-state index contributed by atoms with van der Waals surface area (Å²) in [4.78, 5) is 0. The normalized spacial score (nSPS) is 18.0. The quantitative estimate of drug-likeness (QED) is 0.273. The van der Waals surface area contributed by atoms with Gasteiger partial charge in [-0.2, -0.15) is 0 Å². The molecule has 2 fully saturated rings. The largest absolute Gasteiger partial charge is 0.673 e. The number of rotatable bonds is 5. The van der Waals surface area contributed by atoms with Gasteiger partial charge in [0.15, 0.2) is 5.75 Å². The van der Waals surface area contributed by atoms with Crippen molar-refractivity contribution in [2.45, 2.75) is 62.7 Å². The summed E-state index contributed by atoms with van der Waals surface area (Å²) in [5, 5.41) is 1.56. The highest BCUT2D eigenvalue weighted by Gasteiger charge is 2.42. The summed E-state index contributed by atoms with van der Waals surface area (Å²) in [5.74, 6) is 2.08. The first kappa shape index (κ1) is 22.1.